The van der Waals surface area contributed by atoms with E-state index in [1.54, 1.807) is 6.92 Å². The fourth-order valence-corrected chi connectivity index (χ4v) is 5.96. The number of benzene rings is 1. The second kappa shape index (κ2) is 11.4. The summed E-state index contributed by atoms with van der Waals surface area (Å²) in [6.45, 7) is 8.51. The first-order chi connectivity index (χ1) is 18.4. The van der Waals surface area contributed by atoms with Crippen molar-refractivity contribution in [2.24, 2.45) is 0 Å². The van der Waals surface area contributed by atoms with Crippen LogP contribution in [-0.2, 0) is 29.2 Å². The summed E-state index contributed by atoms with van der Waals surface area (Å²) in [7, 11) is 0. The van der Waals surface area contributed by atoms with E-state index in [0.29, 0.717) is 44.5 Å². The highest BCUT2D eigenvalue weighted by atomic mass is 16.2. The van der Waals surface area contributed by atoms with Crippen molar-refractivity contribution >= 4 is 17.5 Å². The Morgan fingerprint density at radius 3 is 2.50 bits per heavy atom. The predicted octanol–water partition coefficient (Wildman–Crippen LogP) is 3.50. The topological polar surface area (TPSA) is 87.5 Å². The van der Waals surface area contributed by atoms with Crippen LogP contribution in [0.25, 0.3) is 0 Å². The smallest absolute Gasteiger partial charge is 0.224 e. The van der Waals surface area contributed by atoms with Gasteiger partial charge in [0.15, 0.2) is 0 Å². The molecule has 1 fully saturated rings. The lowest BCUT2D eigenvalue weighted by Crippen LogP contribution is -2.45. The van der Waals surface area contributed by atoms with Crippen LogP contribution < -0.4 is 4.90 Å². The first kappa shape index (κ1) is 26.0. The number of aryl methyl sites for hydroxylation is 3. The summed E-state index contributed by atoms with van der Waals surface area (Å²) in [5.41, 5.74) is 3.12. The lowest BCUT2D eigenvalue weighted by Gasteiger charge is -2.34. The molecule has 0 saturated carbocycles. The molecule has 9 heteroatoms. The Morgan fingerprint density at radius 1 is 1.00 bits per heavy atom. The molecule has 2 bridgehead atoms. The van der Waals surface area contributed by atoms with E-state index in [4.69, 9.17) is 0 Å². The van der Waals surface area contributed by atoms with Gasteiger partial charge in [0.2, 0.25) is 11.8 Å². The van der Waals surface area contributed by atoms with Gasteiger partial charge in [-0.1, -0.05) is 18.2 Å². The van der Waals surface area contributed by atoms with Crippen LogP contribution in [0.3, 0.4) is 0 Å². The largest absolute Gasteiger partial charge is 0.337 e. The molecule has 2 aliphatic rings. The summed E-state index contributed by atoms with van der Waals surface area (Å²) in [4.78, 5) is 41.6. The Labute approximate surface area is 224 Å². The van der Waals surface area contributed by atoms with Crippen molar-refractivity contribution < 1.29 is 9.59 Å². The maximum absolute atomic E-state index is 13.8. The minimum atomic E-state index is 0.0295. The van der Waals surface area contributed by atoms with Gasteiger partial charge in [0, 0.05) is 69.7 Å². The van der Waals surface area contributed by atoms with Crippen LogP contribution in [0.2, 0.25) is 0 Å². The Hall–Kier alpha value is -3.59. The molecule has 0 spiro atoms. The van der Waals surface area contributed by atoms with Crippen molar-refractivity contribution in [3.8, 4) is 0 Å². The first-order valence-corrected chi connectivity index (χ1v) is 13.6. The highest BCUT2D eigenvalue weighted by molar-refractivity contribution is 5.92. The number of carbonyl (C=O) groups excluding carboxylic acids is 2. The molecule has 9 nitrogen and oxygen atoms in total. The summed E-state index contributed by atoms with van der Waals surface area (Å²) >= 11 is 0. The lowest BCUT2D eigenvalue weighted by molar-refractivity contribution is -0.133. The van der Waals surface area contributed by atoms with E-state index in [2.05, 4.69) is 32.1 Å². The number of rotatable bonds is 5. The normalized spacial score (nSPS) is 20.2. The third-order valence-corrected chi connectivity index (χ3v) is 7.88. The monoisotopic (exact) mass is 515 g/mol. The zero-order chi connectivity index (χ0) is 26.6. The third-order valence-electron chi connectivity index (χ3n) is 7.88. The van der Waals surface area contributed by atoms with E-state index >= 15 is 0 Å². The molecule has 4 heterocycles. The van der Waals surface area contributed by atoms with Gasteiger partial charge in [0.1, 0.15) is 11.6 Å². The number of nitrogens with zero attached hydrogens (tertiary/aromatic N) is 7. The van der Waals surface area contributed by atoms with Gasteiger partial charge in [-0.2, -0.15) is 5.10 Å². The maximum atomic E-state index is 13.8. The van der Waals surface area contributed by atoms with Crippen molar-refractivity contribution in [2.75, 3.05) is 18.0 Å². The van der Waals surface area contributed by atoms with Gasteiger partial charge in [0.25, 0.3) is 0 Å². The number of fused-ring (bicyclic) bond motifs is 3. The molecule has 5 rings (SSSR count). The number of pyridine rings is 1. The molecule has 2 aliphatic heterocycles. The molecule has 0 N–H and O–H groups in total. The molecule has 2 atom stereocenters. The molecule has 3 aromatic rings. The van der Waals surface area contributed by atoms with Crippen LogP contribution in [0.1, 0.15) is 55.4 Å². The Morgan fingerprint density at radius 2 is 1.76 bits per heavy atom. The molecule has 2 unspecified atom stereocenters. The van der Waals surface area contributed by atoms with Crippen molar-refractivity contribution in [3.63, 3.8) is 0 Å². The number of aromatic nitrogens is 4. The molecule has 0 radical (unpaired) electrons. The average molecular weight is 516 g/mol. The third kappa shape index (κ3) is 5.78. The van der Waals surface area contributed by atoms with Gasteiger partial charge in [-0.3, -0.25) is 19.5 Å². The number of amides is 2. The maximum Gasteiger partial charge on any atom is 0.224 e. The summed E-state index contributed by atoms with van der Waals surface area (Å²) in [6.07, 6.45) is 7.01. The Bertz CT molecular complexity index is 1270. The van der Waals surface area contributed by atoms with Crippen molar-refractivity contribution in [1.29, 1.82) is 0 Å². The summed E-state index contributed by atoms with van der Waals surface area (Å²) in [6, 6.07) is 12.7. The van der Waals surface area contributed by atoms with Gasteiger partial charge in [-0.25, -0.2) is 9.67 Å². The fraction of sp³-hybridized carbons (Fsp3) is 0.483. The van der Waals surface area contributed by atoms with Crippen LogP contribution in [0.5, 0.6) is 0 Å². The zero-order valence-electron chi connectivity index (χ0n) is 22.6. The molecular formula is C29H37N7O2. The minimum absolute atomic E-state index is 0.0295. The van der Waals surface area contributed by atoms with E-state index in [1.165, 1.54) is 5.56 Å². The Kier molecular flexibility index (Phi) is 7.83. The number of carbonyl (C=O) groups is 2. The fourth-order valence-electron chi connectivity index (χ4n) is 5.96. The van der Waals surface area contributed by atoms with Crippen molar-refractivity contribution in [1.82, 2.24) is 29.5 Å². The quantitative estimate of drug-likeness (QED) is 0.517. The van der Waals surface area contributed by atoms with E-state index in [-0.39, 0.29) is 17.9 Å². The number of para-hydroxylation sites is 1. The molecule has 0 aliphatic carbocycles. The second-order valence-corrected chi connectivity index (χ2v) is 10.5. The van der Waals surface area contributed by atoms with Crippen LogP contribution in [-0.4, -0.2) is 66.5 Å². The van der Waals surface area contributed by atoms with Crippen LogP contribution in [0, 0.1) is 13.8 Å². The Balaban J connectivity index is 1.45. The van der Waals surface area contributed by atoms with Crippen LogP contribution in [0.15, 0.2) is 48.8 Å². The number of hydrogen-bond acceptors (Lipinski definition) is 6. The molecule has 2 amide bonds. The number of hydrogen-bond donors (Lipinski definition) is 0. The molecule has 38 heavy (non-hydrogen) atoms. The highest BCUT2D eigenvalue weighted by Gasteiger charge is 2.36. The minimum Gasteiger partial charge on any atom is -0.337 e. The van der Waals surface area contributed by atoms with Gasteiger partial charge < -0.3 is 9.80 Å². The highest BCUT2D eigenvalue weighted by Crippen LogP contribution is 2.32. The number of anilines is 1. The molecular weight excluding hydrogens is 478 g/mol. The van der Waals surface area contributed by atoms with Gasteiger partial charge in [-0.15, -0.1) is 0 Å². The van der Waals surface area contributed by atoms with Gasteiger partial charge in [0.05, 0.1) is 6.54 Å². The molecule has 1 saturated heterocycles. The first-order valence-electron chi connectivity index (χ1n) is 13.6. The van der Waals surface area contributed by atoms with E-state index < -0.39 is 0 Å². The summed E-state index contributed by atoms with van der Waals surface area (Å²) in [5, 5.41) is 4.44. The van der Waals surface area contributed by atoms with Crippen LogP contribution >= 0.6 is 0 Å². The summed E-state index contributed by atoms with van der Waals surface area (Å²) < 4.78 is 1.81. The standard InChI is InChI=1S/C29H37N7O2/c1-21-31-22(2)36(32-21)17-13-29(38)33-19-25-6-4-5-7-28(25)34(23(3)37)16-12-26-8-9-27(20-33)35(26)18-24-10-14-30-15-11-24/h4-7,10-11,14-15,26-27H,8-9,12-13,16-20H2,1-3H3. The van der Waals surface area contributed by atoms with Crippen molar-refractivity contribution in [2.45, 2.75) is 78.2 Å². The van der Waals surface area contributed by atoms with E-state index in [1.807, 2.05) is 65.0 Å². The molecule has 1 aromatic carbocycles. The predicted molar refractivity (Wildman–Crippen MR) is 145 cm³/mol. The second-order valence-electron chi connectivity index (χ2n) is 10.5. The van der Waals surface area contributed by atoms with Crippen LogP contribution in [0.4, 0.5) is 5.69 Å². The summed E-state index contributed by atoms with van der Waals surface area (Å²) in [5.74, 6) is 1.65. The SMILES string of the molecule is CC(=O)N1CCC2CCC(CN(C(=O)CCn3nc(C)nc3C)Cc3ccccc31)N2Cc1ccncc1. The molecule has 2 aromatic heterocycles. The van der Waals surface area contributed by atoms with Crippen molar-refractivity contribution in [3.05, 3.63) is 71.6 Å². The van der Waals surface area contributed by atoms with Gasteiger partial charge >= 0.3 is 0 Å². The zero-order valence-corrected chi connectivity index (χ0v) is 22.6. The average Bonchev–Trinajstić information content (AvgIpc) is 3.42. The van der Waals surface area contributed by atoms with Gasteiger partial charge in [-0.05, 0) is 62.4 Å². The van der Waals surface area contributed by atoms with E-state index in [9.17, 15) is 9.59 Å². The molecule has 200 valence electrons. The lowest BCUT2D eigenvalue weighted by atomic mass is 10.1. The van der Waals surface area contributed by atoms with E-state index in [0.717, 1.165) is 42.9 Å².